The minimum Gasteiger partial charge on any atom is -0.420 e. The zero-order valence-electron chi connectivity index (χ0n) is 19.5. The Labute approximate surface area is 213 Å². The molecule has 0 atom stereocenters. The number of hydrogen-bond donors (Lipinski definition) is 1. The molecule has 1 aliphatic heterocycles. The highest BCUT2D eigenvalue weighted by Crippen LogP contribution is 2.41. The molecule has 0 saturated carbocycles. The van der Waals surface area contributed by atoms with Gasteiger partial charge in [0.2, 0.25) is 0 Å². The number of pyridine rings is 2. The van der Waals surface area contributed by atoms with E-state index in [4.69, 9.17) is 4.74 Å². The van der Waals surface area contributed by atoms with Gasteiger partial charge >= 0.3 is 5.97 Å². The predicted octanol–water partition coefficient (Wildman–Crippen LogP) is 4.53. The van der Waals surface area contributed by atoms with Crippen LogP contribution in [0, 0.1) is 0 Å². The standard InChI is InChI=1S/C28H22N4O3S/c1-31-25(27(33)30-24-11-5-6-16-29-24)26(22-9-3-4-10-23(22)36-31)35-28(34)21-14-12-20(13-15-21)19-32-17-7-2-8-18-32/h2-18H,19H2,1H3/p+1. The quantitative estimate of drug-likeness (QED) is 0.241. The molecule has 0 spiro atoms. The van der Waals surface area contributed by atoms with E-state index >= 15 is 0 Å². The van der Waals surface area contributed by atoms with Crippen molar-refractivity contribution in [3.05, 3.63) is 126 Å². The molecule has 8 heteroatoms. The molecule has 2 aromatic carbocycles. The molecular weight excluding hydrogens is 472 g/mol. The first-order chi connectivity index (χ1) is 17.6. The Hall–Kier alpha value is -4.43. The van der Waals surface area contributed by atoms with E-state index in [1.807, 2.05) is 67.0 Å². The van der Waals surface area contributed by atoms with Crippen LogP contribution in [-0.4, -0.2) is 28.2 Å². The van der Waals surface area contributed by atoms with Gasteiger partial charge in [0, 0.05) is 41.4 Å². The summed E-state index contributed by atoms with van der Waals surface area (Å²) in [5.41, 5.74) is 2.36. The third kappa shape index (κ3) is 5.13. The van der Waals surface area contributed by atoms with Crippen LogP contribution in [0.15, 0.2) is 114 Å². The predicted molar refractivity (Wildman–Crippen MR) is 137 cm³/mol. The largest absolute Gasteiger partial charge is 0.420 e. The minimum absolute atomic E-state index is 0.203. The topological polar surface area (TPSA) is 75.4 Å². The summed E-state index contributed by atoms with van der Waals surface area (Å²) < 4.78 is 9.65. The lowest BCUT2D eigenvalue weighted by atomic mass is 10.1. The van der Waals surface area contributed by atoms with Crippen molar-refractivity contribution >= 4 is 35.4 Å². The summed E-state index contributed by atoms with van der Waals surface area (Å²) in [7, 11) is 1.76. The molecule has 0 aliphatic carbocycles. The lowest BCUT2D eigenvalue weighted by Crippen LogP contribution is -2.32. The summed E-state index contributed by atoms with van der Waals surface area (Å²) in [4.78, 5) is 31.5. The molecular formula is C28H23N4O3S+. The highest BCUT2D eigenvalue weighted by molar-refractivity contribution is 7.97. The van der Waals surface area contributed by atoms with Gasteiger partial charge in [-0.15, -0.1) is 0 Å². The number of carbonyl (C=O) groups excluding carboxylic acids is 2. The van der Waals surface area contributed by atoms with Gasteiger partial charge in [-0.3, -0.25) is 4.79 Å². The number of nitrogens with one attached hydrogen (secondary N) is 1. The first-order valence-corrected chi connectivity index (χ1v) is 12.1. The number of nitrogens with zero attached hydrogens (tertiary/aromatic N) is 3. The Balaban J connectivity index is 1.43. The van der Waals surface area contributed by atoms with E-state index in [9.17, 15) is 9.59 Å². The SMILES string of the molecule is CN1Sc2ccccc2C(OC(=O)c2ccc(C[n+]3ccccc3)cc2)=C1C(=O)Nc1ccccn1. The number of amides is 1. The first kappa shape index (κ1) is 23.3. The van der Waals surface area contributed by atoms with Crippen molar-refractivity contribution in [2.75, 3.05) is 12.4 Å². The average molecular weight is 496 g/mol. The Bertz CT molecular complexity index is 1420. The fourth-order valence-corrected chi connectivity index (χ4v) is 4.76. The van der Waals surface area contributed by atoms with Crippen LogP contribution >= 0.6 is 11.9 Å². The fraction of sp³-hybridized carbons (Fsp3) is 0.0714. The number of likely N-dealkylation sites (N-methyl/N-ethyl adjacent to an activating group) is 1. The van der Waals surface area contributed by atoms with Crippen LogP contribution in [-0.2, 0) is 16.1 Å². The molecule has 0 bridgehead atoms. The maximum atomic E-state index is 13.3. The van der Waals surface area contributed by atoms with Crippen molar-refractivity contribution < 1.29 is 18.9 Å². The molecule has 178 valence electrons. The van der Waals surface area contributed by atoms with E-state index in [-0.39, 0.29) is 11.5 Å². The van der Waals surface area contributed by atoms with E-state index in [1.165, 1.54) is 11.9 Å². The number of fused-ring (bicyclic) bond motifs is 1. The molecule has 3 heterocycles. The van der Waals surface area contributed by atoms with Crippen LogP contribution in [0.1, 0.15) is 21.5 Å². The Morgan fingerprint density at radius 3 is 2.44 bits per heavy atom. The van der Waals surface area contributed by atoms with Crippen LogP contribution in [0.2, 0.25) is 0 Å². The van der Waals surface area contributed by atoms with Gasteiger partial charge in [0.25, 0.3) is 5.91 Å². The number of rotatable bonds is 6. The monoisotopic (exact) mass is 495 g/mol. The molecule has 0 radical (unpaired) electrons. The van der Waals surface area contributed by atoms with Gasteiger partial charge in [-0.05, 0) is 48.3 Å². The number of ether oxygens (including phenoxy) is 1. The van der Waals surface area contributed by atoms with Crippen LogP contribution in [0.25, 0.3) is 5.76 Å². The summed E-state index contributed by atoms with van der Waals surface area (Å²) >= 11 is 1.39. The number of esters is 1. The molecule has 5 rings (SSSR count). The number of aromatic nitrogens is 2. The second-order valence-corrected chi connectivity index (χ2v) is 9.24. The lowest BCUT2D eigenvalue weighted by Gasteiger charge is -2.29. The third-order valence-electron chi connectivity index (χ3n) is 5.55. The molecule has 4 aromatic rings. The molecule has 1 aliphatic rings. The van der Waals surface area contributed by atoms with Gasteiger partial charge < -0.3 is 14.4 Å². The zero-order valence-corrected chi connectivity index (χ0v) is 20.3. The first-order valence-electron chi connectivity index (χ1n) is 11.3. The summed E-state index contributed by atoms with van der Waals surface area (Å²) in [6, 6.07) is 26.0. The van der Waals surface area contributed by atoms with Crippen molar-refractivity contribution in [1.29, 1.82) is 0 Å². The lowest BCUT2D eigenvalue weighted by molar-refractivity contribution is -0.688. The van der Waals surface area contributed by atoms with Gasteiger partial charge in [-0.25, -0.2) is 14.3 Å². The van der Waals surface area contributed by atoms with Gasteiger partial charge in [0.15, 0.2) is 30.4 Å². The Morgan fingerprint density at radius 2 is 1.69 bits per heavy atom. The highest BCUT2D eigenvalue weighted by atomic mass is 32.2. The molecule has 36 heavy (non-hydrogen) atoms. The van der Waals surface area contributed by atoms with E-state index in [2.05, 4.69) is 14.9 Å². The summed E-state index contributed by atoms with van der Waals surface area (Å²) in [5, 5.41) is 2.79. The normalized spacial score (nSPS) is 12.6. The van der Waals surface area contributed by atoms with Gasteiger partial charge in [0.05, 0.1) is 5.56 Å². The van der Waals surface area contributed by atoms with Gasteiger partial charge in [-0.2, -0.15) is 0 Å². The second-order valence-electron chi connectivity index (χ2n) is 8.07. The summed E-state index contributed by atoms with van der Waals surface area (Å²) in [6.07, 6.45) is 5.57. The number of anilines is 1. The van der Waals surface area contributed by atoms with Crippen LogP contribution in [0.4, 0.5) is 5.82 Å². The van der Waals surface area contributed by atoms with E-state index in [1.54, 1.807) is 47.9 Å². The van der Waals surface area contributed by atoms with Crippen LogP contribution in [0.3, 0.4) is 0 Å². The molecule has 7 nitrogen and oxygen atoms in total. The van der Waals surface area contributed by atoms with E-state index in [0.717, 1.165) is 10.5 Å². The Morgan fingerprint density at radius 1 is 0.944 bits per heavy atom. The van der Waals surface area contributed by atoms with Crippen LogP contribution < -0.4 is 9.88 Å². The molecule has 0 fully saturated rings. The van der Waals surface area contributed by atoms with Gasteiger partial charge in [0.1, 0.15) is 5.82 Å². The molecule has 1 amide bonds. The third-order valence-corrected chi connectivity index (χ3v) is 6.55. The number of hydrogen-bond acceptors (Lipinski definition) is 6. The number of carbonyl (C=O) groups is 2. The molecule has 2 aromatic heterocycles. The fourth-order valence-electron chi connectivity index (χ4n) is 3.81. The van der Waals surface area contributed by atoms with E-state index < -0.39 is 11.9 Å². The molecule has 0 saturated heterocycles. The van der Waals surface area contributed by atoms with Crippen LogP contribution in [0.5, 0.6) is 0 Å². The smallest absolute Gasteiger partial charge is 0.343 e. The van der Waals surface area contributed by atoms with Crippen molar-refractivity contribution in [1.82, 2.24) is 9.29 Å². The average Bonchev–Trinajstić information content (AvgIpc) is 2.90. The maximum absolute atomic E-state index is 13.3. The van der Waals surface area contributed by atoms with Gasteiger partial charge in [-0.1, -0.05) is 36.4 Å². The second kappa shape index (κ2) is 10.5. The minimum atomic E-state index is -0.540. The Kier molecular flexibility index (Phi) is 6.77. The van der Waals surface area contributed by atoms with Crippen molar-refractivity contribution in [2.45, 2.75) is 11.4 Å². The maximum Gasteiger partial charge on any atom is 0.343 e. The number of benzene rings is 2. The zero-order chi connectivity index (χ0) is 24.9. The summed E-state index contributed by atoms with van der Waals surface area (Å²) in [6.45, 7) is 0.689. The summed E-state index contributed by atoms with van der Waals surface area (Å²) in [5.74, 6) is -0.350. The molecule has 0 unspecified atom stereocenters. The highest BCUT2D eigenvalue weighted by Gasteiger charge is 2.31. The van der Waals surface area contributed by atoms with Crippen molar-refractivity contribution in [2.24, 2.45) is 0 Å². The van der Waals surface area contributed by atoms with Crippen molar-refractivity contribution in [3.8, 4) is 0 Å². The van der Waals surface area contributed by atoms with Crippen molar-refractivity contribution in [3.63, 3.8) is 0 Å². The molecule has 1 N–H and O–H groups in total. The van der Waals surface area contributed by atoms with E-state index in [0.29, 0.717) is 23.5 Å².